The summed E-state index contributed by atoms with van der Waals surface area (Å²) in [4.78, 5) is 27.7. The number of H-pyrrole nitrogens is 1. The first-order valence-electron chi connectivity index (χ1n) is 11.8. The lowest BCUT2D eigenvalue weighted by Crippen LogP contribution is -2.46. The molecule has 7 nitrogen and oxygen atoms in total. The van der Waals surface area contributed by atoms with Gasteiger partial charge in [-0.2, -0.15) is 0 Å². The third-order valence-corrected chi connectivity index (χ3v) is 6.64. The number of anilines is 1. The van der Waals surface area contributed by atoms with Gasteiger partial charge in [0.1, 0.15) is 0 Å². The maximum Gasteiger partial charge on any atom is 0.273 e. The maximum atomic E-state index is 12.0. The van der Waals surface area contributed by atoms with E-state index in [-0.39, 0.29) is 5.56 Å². The van der Waals surface area contributed by atoms with E-state index in [0.717, 1.165) is 56.8 Å². The number of rotatable bonds is 7. The summed E-state index contributed by atoms with van der Waals surface area (Å²) in [5.41, 5.74) is 5.05. The van der Waals surface area contributed by atoms with Crippen LogP contribution in [-0.4, -0.2) is 52.2 Å². The molecule has 0 atom stereocenters. The zero-order valence-electron chi connectivity index (χ0n) is 19.2. The monoisotopic (exact) mass is 452 g/mol. The average molecular weight is 453 g/mol. The minimum absolute atomic E-state index is 0.123. The lowest BCUT2D eigenvalue weighted by Gasteiger charge is -2.36. The van der Waals surface area contributed by atoms with Crippen molar-refractivity contribution in [2.75, 3.05) is 37.6 Å². The van der Waals surface area contributed by atoms with Crippen LogP contribution in [0.3, 0.4) is 0 Å². The van der Waals surface area contributed by atoms with E-state index in [2.05, 4.69) is 42.9 Å². The van der Waals surface area contributed by atoms with Crippen LogP contribution in [0.2, 0.25) is 0 Å². The number of piperazine rings is 1. The zero-order chi connectivity index (χ0) is 23.3. The molecule has 1 N–H and O–H groups in total. The molecule has 34 heavy (non-hydrogen) atoms. The predicted molar refractivity (Wildman–Crippen MR) is 136 cm³/mol. The Balaban J connectivity index is 1.09. The summed E-state index contributed by atoms with van der Waals surface area (Å²) in [6.45, 7) is 12.5. The molecule has 7 heteroatoms. The van der Waals surface area contributed by atoms with E-state index >= 15 is 0 Å². The Hall–Kier alpha value is -3.89. The van der Waals surface area contributed by atoms with E-state index < -0.39 is 0 Å². The molecule has 0 aliphatic carbocycles. The smallest absolute Gasteiger partial charge is 0.273 e. The largest absolute Gasteiger partial charge is 0.369 e. The van der Waals surface area contributed by atoms with Crippen LogP contribution in [0, 0.1) is 6.57 Å². The zero-order valence-corrected chi connectivity index (χ0v) is 19.2. The number of fused-ring (bicyclic) bond motifs is 1. The summed E-state index contributed by atoms with van der Waals surface area (Å²) in [6.07, 6.45) is 10.1. The summed E-state index contributed by atoms with van der Waals surface area (Å²) in [5.74, 6) is 0. The minimum Gasteiger partial charge on any atom is -0.369 e. The Morgan fingerprint density at radius 1 is 1.00 bits per heavy atom. The second-order valence-corrected chi connectivity index (χ2v) is 8.74. The first kappa shape index (κ1) is 21.9. The van der Waals surface area contributed by atoms with Crippen molar-refractivity contribution in [3.05, 3.63) is 94.6 Å². The first-order chi connectivity index (χ1) is 16.7. The second-order valence-electron chi connectivity index (χ2n) is 8.74. The number of unbranched alkanes of at least 4 members (excludes halogenated alkanes) is 1. The highest BCUT2D eigenvalue weighted by Gasteiger charge is 2.17. The third-order valence-electron chi connectivity index (χ3n) is 6.64. The number of benzene rings is 2. The summed E-state index contributed by atoms with van der Waals surface area (Å²) < 4.78 is 1.61. The van der Waals surface area contributed by atoms with Gasteiger partial charge in [0, 0.05) is 61.7 Å². The molecule has 1 aliphatic heterocycles. The normalized spacial score (nSPS) is 14.4. The number of hydrogen-bond acceptors (Lipinski definition) is 4. The summed E-state index contributed by atoms with van der Waals surface area (Å²) in [5, 5.41) is 1.18. The van der Waals surface area contributed by atoms with Gasteiger partial charge >= 0.3 is 0 Å². The van der Waals surface area contributed by atoms with Crippen molar-refractivity contribution in [2.24, 2.45) is 0 Å². The Bertz CT molecular complexity index is 1360. The topological polar surface area (TPSA) is 61.5 Å². The first-order valence-corrected chi connectivity index (χ1v) is 11.8. The van der Waals surface area contributed by atoms with Crippen molar-refractivity contribution in [2.45, 2.75) is 19.3 Å². The van der Waals surface area contributed by atoms with Crippen LogP contribution in [-0.2, 0) is 6.42 Å². The molecule has 1 aliphatic rings. The molecule has 0 radical (unpaired) electrons. The van der Waals surface area contributed by atoms with Crippen LogP contribution in [0.5, 0.6) is 0 Å². The molecule has 0 amide bonds. The van der Waals surface area contributed by atoms with Gasteiger partial charge in [0.25, 0.3) is 5.56 Å². The summed E-state index contributed by atoms with van der Waals surface area (Å²) in [6, 6.07) is 14.0. The van der Waals surface area contributed by atoms with Gasteiger partial charge in [-0.1, -0.05) is 6.07 Å². The molecular weight excluding hydrogens is 424 g/mol. The molecule has 0 unspecified atom stereocenters. The molecular formula is C27H28N6O. The molecule has 1 saturated heterocycles. The molecule has 1 fully saturated rings. The van der Waals surface area contributed by atoms with Crippen molar-refractivity contribution in [3.63, 3.8) is 0 Å². The van der Waals surface area contributed by atoms with E-state index in [0.29, 0.717) is 5.69 Å². The summed E-state index contributed by atoms with van der Waals surface area (Å²) in [7, 11) is 0. The molecule has 3 heterocycles. The van der Waals surface area contributed by atoms with Crippen LogP contribution < -0.4 is 10.5 Å². The minimum atomic E-state index is -0.123. The highest BCUT2D eigenvalue weighted by Crippen LogP contribution is 2.25. The molecule has 0 spiro atoms. The highest BCUT2D eigenvalue weighted by molar-refractivity contribution is 5.86. The van der Waals surface area contributed by atoms with Crippen molar-refractivity contribution >= 4 is 22.3 Å². The Morgan fingerprint density at radius 2 is 1.79 bits per heavy atom. The van der Waals surface area contributed by atoms with Crippen molar-refractivity contribution in [3.8, 4) is 5.69 Å². The van der Waals surface area contributed by atoms with Crippen molar-refractivity contribution in [1.82, 2.24) is 19.4 Å². The SMILES string of the molecule is [C-]#[N+]c1ccc2[nH]cc(CCCCN3CCN(c4ccc(-n5ccncc5=O)cc4)CC3)c2c1. The predicted octanol–water partition coefficient (Wildman–Crippen LogP) is 4.41. The number of hydrogen-bond donors (Lipinski definition) is 1. The standard InChI is InChI=1S/C27H28N6O/c1-28-22-5-10-26-25(18-22)21(19-30-26)4-2-3-12-31-14-16-32(17-15-31)23-6-8-24(9-7-23)33-13-11-29-20-27(33)34/h5-11,13,18-20,30H,2-4,12,14-17H2. The van der Waals surface area contributed by atoms with Crippen molar-refractivity contribution in [1.29, 1.82) is 0 Å². The highest BCUT2D eigenvalue weighted by atomic mass is 16.1. The second kappa shape index (κ2) is 9.94. The Kier molecular flexibility index (Phi) is 6.41. The number of nitrogens with zero attached hydrogens (tertiary/aromatic N) is 5. The van der Waals surface area contributed by atoms with Gasteiger partial charge in [0.15, 0.2) is 5.69 Å². The van der Waals surface area contributed by atoms with Gasteiger partial charge in [0.05, 0.1) is 12.8 Å². The van der Waals surface area contributed by atoms with Crippen LogP contribution in [0.1, 0.15) is 18.4 Å². The fourth-order valence-corrected chi connectivity index (χ4v) is 4.71. The van der Waals surface area contributed by atoms with Crippen LogP contribution in [0.15, 0.2) is 72.0 Å². The maximum absolute atomic E-state index is 12.0. The molecule has 2 aromatic heterocycles. The van der Waals surface area contributed by atoms with Gasteiger partial charge in [-0.25, -0.2) is 4.85 Å². The number of aryl methyl sites for hydroxylation is 1. The molecule has 0 bridgehead atoms. The van der Waals surface area contributed by atoms with E-state index in [1.807, 2.05) is 30.3 Å². The van der Waals surface area contributed by atoms with E-state index in [1.54, 1.807) is 17.0 Å². The number of nitrogens with one attached hydrogen (secondary N) is 1. The summed E-state index contributed by atoms with van der Waals surface area (Å²) >= 11 is 0. The van der Waals surface area contributed by atoms with Gasteiger partial charge in [-0.3, -0.25) is 19.2 Å². The molecule has 172 valence electrons. The Morgan fingerprint density at radius 3 is 2.56 bits per heavy atom. The number of aromatic amines is 1. The number of aromatic nitrogens is 3. The average Bonchev–Trinajstić information content (AvgIpc) is 3.29. The van der Waals surface area contributed by atoms with Crippen LogP contribution in [0.25, 0.3) is 21.4 Å². The van der Waals surface area contributed by atoms with E-state index in [1.165, 1.54) is 29.3 Å². The fraction of sp³-hybridized carbons (Fsp3) is 0.296. The Labute approximate surface area is 199 Å². The molecule has 5 rings (SSSR count). The lowest BCUT2D eigenvalue weighted by atomic mass is 10.1. The van der Waals surface area contributed by atoms with Crippen LogP contribution >= 0.6 is 0 Å². The molecule has 4 aromatic rings. The molecule has 0 saturated carbocycles. The lowest BCUT2D eigenvalue weighted by molar-refractivity contribution is 0.253. The molecule has 2 aromatic carbocycles. The van der Waals surface area contributed by atoms with E-state index in [9.17, 15) is 4.79 Å². The van der Waals surface area contributed by atoms with Crippen molar-refractivity contribution < 1.29 is 0 Å². The van der Waals surface area contributed by atoms with Crippen LogP contribution in [0.4, 0.5) is 11.4 Å². The van der Waals surface area contributed by atoms with Gasteiger partial charge in [-0.05, 0) is 73.2 Å². The third kappa shape index (κ3) is 4.73. The fourth-order valence-electron chi connectivity index (χ4n) is 4.71. The van der Waals surface area contributed by atoms with Gasteiger partial charge < -0.3 is 9.88 Å². The van der Waals surface area contributed by atoms with E-state index in [4.69, 9.17) is 6.57 Å². The van der Waals surface area contributed by atoms with Gasteiger partial charge in [0.2, 0.25) is 0 Å². The quantitative estimate of drug-likeness (QED) is 0.333. The van der Waals surface area contributed by atoms with Gasteiger partial charge in [-0.15, -0.1) is 0 Å².